The summed E-state index contributed by atoms with van der Waals surface area (Å²) < 4.78 is 17.5. The molecule has 5 nitrogen and oxygen atoms in total. The van der Waals surface area contributed by atoms with E-state index in [9.17, 15) is 9.59 Å². The zero-order chi connectivity index (χ0) is 50.6. The van der Waals surface area contributed by atoms with Crippen LogP contribution in [0.5, 0.6) is 0 Å². The van der Waals surface area contributed by atoms with Gasteiger partial charge in [-0.15, -0.1) is 0 Å². The molecule has 0 aromatic rings. The Hall–Kier alpha value is -2.92. The van der Waals surface area contributed by atoms with Crippen molar-refractivity contribution in [2.45, 2.75) is 297 Å². The maximum atomic E-state index is 12.9. The number of carbonyl (C=O) groups excluding carboxylic acids is 2. The van der Waals surface area contributed by atoms with Crippen LogP contribution in [0.15, 0.2) is 85.1 Å². The quantitative estimate of drug-likeness (QED) is 0.0345. The molecule has 0 aromatic heterocycles. The van der Waals surface area contributed by atoms with Crippen molar-refractivity contribution < 1.29 is 23.8 Å². The van der Waals surface area contributed by atoms with Gasteiger partial charge in [0.15, 0.2) is 6.10 Å². The van der Waals surface area contributed by atoms with Crippen molar-refractivity contribution in [1.82, 2.24) is 0 Å². The lowest BCUT2D eigenvalue weighted by atomic mass is 10.1. The van der Waals surface area contributed by atoms with Gasteiger partial charge >= 0.3 is 11.9 Å². The molecule has 0 rings (SSSR count). The van der Waals surface area contributed by atoms with E-state index in [2.05, 4.69) is 106 Å². The molecule has 0 N–H and O–H groups in total. The smallest absolute Gasteiger partial charge is 0.306 e. The zero-order valence-electron chi connectivity index (χ0n) is 46.5. The van der Waals surface area contributed by atoms with E-state index >= 15 is 0 Å². The molecule has 0 aliphatic carbocycles. The molecule has 0 heterocycles. The monoisotopic (exact) mass is 975 g/mol. The second-order valence-corrected chi connectivity index (χ2v) is 19.9. The predicted octanol–water partition coefficient (Wildman–Crippen LogP) is 20.8. The van der Waals surface area contributed by atoms with Crippen molar-refractivity contribution in [3.63, 3.8) is 0 Å². The molecule has 0 spiro atoms. The molecule has 0 aliphatic rings. The summed E-state index contributed by atoms with van der Waals surface area (Å²) in [6.45, 7) is 7.68. The van der Waals surface area contributed by atoms with Crippen LogP contribution in [-0.2, 0) is 23.8 Å². The van der Waals surface area contributed by atoms with Crippen LogP contribution in [0.3, 0.4) is 0 Å². The van der Waals surface area contributed by atoms with Crippen molar-refractivity contribution in [2.24, 2.45) is 0 Å². The van der Waals surface area contributed by atoms with Crippen LogP contribution in [0, 0.1) is 0 Å². The minimum absolute atomic E-state index is 0.0715. The molecular formula is C65H114O5. The average molecular weight is 976 g/mol. The van der Waals surface area contributed by atoms with Gasteiger partial charge in [0.05, 0.1) is 6.61 Å². The van der Waals surface area contributed by atoms with Gasteiger partial charge in [0.1, 0.15) is 6.61 Å². The highest BCUT2D eigenvalue weighted by Gasteiger charge is 2.17. The van der Waals surface area contributed by atoms with Gasteiger partial charge in [-0.1, -0.05) is 247 Å². The lowest BCUT2D eigenvalue weighted by molar-refractivity contribution is -0.163. The van der Waals surface area contributed by atoms with Crippen molar-refractivity contribution in [2.75, 3.05) is 19.8 Å². The standard InChI is InChI=1S/C65H114O5/c1-4-7-10-13-16-19-22-25-28-31-33-35-37-40-43-46-49-52-55-58-64(66)69-62-63(61-68-60-57-54-51-48-45-42-39-36-32-29-26-23-20-17-14-11-8-5-2)70-65(67)59-56-53-50-47-44-41-38-34-30-27-24-21-18-15-12-9-6-3/h8,11,16-17,19-20,25-30,33,35,63H,4-7,9-10,12-15,18,21-24,31-32,34,36-62H2,1-3H3/b11-8-,19-16-,20-17-,28-25-,29-26-,30-27-,35-33-. The Morgan fingerprint density at radius 2 is 0.643 bits per heavy atom. The third-order valence-electron chi connectivity index (χ3n) is 12.9. The molecule has 0 radical (unpaired) electrons. The first-order valence-electron chi connectivity index (χ1n) is 30.1. The maximum Gasteiger partial charge on any atom is 0.306 e. The van der Waals surface area contributed by atoms with Gasteiger partial charge in [-0.3, -0.25) is 9.59 Å². The third kappa shape index (κ3) is 57.7. The number of allylic oxidation sites excluding steroid dienone is 14. The van der Waals surface area contributed by atoms with E-state index in [1.807, 2.05) is 0 Å². The van der Waals surface area contributed by atoms with E-state index in [0.717, 1.165) is 89.9 Å². The molecule has 0 saturated heterocycles. The second-order valence-electron chi connectivity index (χ2n) is 19.9. The third-order valence-corrected chi connectivity index (χ3v) is 12.9. The number of carbonyl (C=O) groups is 2. The summed E-state index contributed by atoms with van der Waals surface area (Å²) in [5.41, 5.74) is 0. The maximum absolute atomic E-state index is 12.9. The molecule has 404 valence electrons. The number of hydrogen-bond donors (Lipinski definition) is 0. The minimum atomic E-state index is -0.553. The van der Waals surface area contributed by atoms with E-state index in [1.165, 1.54) is 167 Å². The van der Waals surface area contributed by atoms with Crippen LogP contribution >= 0.6 is 0 Å². The first-order valence-corrected chi connectivity index (χ1v) is 30.1. The molecule has 0 amide bonds. The van der Waals surface area contributed by atoms with Gasteiger partial charge in [0.25, 0.3) is 0 Å². The molecule has 70 heavy (non-hydrogen) atoms. The summed E-state index contributed by atoms with van der Waals surface area (Å²) in [6.07, 6.45) is 80.3. The summed E-state index contributed by atoms with van der Waals surface area (Å²) in [4.78, 5) is 25.6. The summed E-state index contributed by atoms with van der Waals surface area (Å²) in [7, 11) is 0. The van der Waals surface area contributed by atoms with Crippen molar-refractivity contribution in [3.05, 3.63) is 85.1 Å². The van der Waals surface area contributed by atoms with Gasteiger partial charge in [0, 0.05) is 19.4 Å². The Labute approximate surface area is 435 Å². The van der Waals surface area contributed by atoms with Crippen LogP contribution in [-0.4, -0.2) is 37.9 Å². The van der Waals surface area contributed by atoms with Gasteiger partial charge < -0.3 is 14.2 Å². The Morgan fingerprint density at radius 3 is 1.07 bits per heavy atom. The Morgan fingerprint density at radius 1 is 0.329 bits per heavy atom. The lowest BCUT2D eigenvalue weighted by Crippen LogP contribution is -2.30. The lowest BCUT2D eigenvalue weighted by Gasteiger charge is -2.18. The van der Waals surface area contributed by atoms with Gasteiger partial charge in [-0.05, 0) is 116 Å². The molecule has 1 unspecified atom stereocenters. The number of ether oxygens (including phenoxy) is 3. The molecule has 0 aromatic carbocycles. The Kier molecular flexibility index (Phi) is 57.9. The van der Waals surface area contributed by atoms with Crippen LogP contribution in [0.1, 0.15) is 290 Å². The largest absolute Gasteiger partial charge is 0.462 e. The first-order chi connectivity index (χ1) is 34.6. The highest BCUT2D eigenvalue weighted by Crippen LogP contribution is 2.15. The van der Waals surface area contributed by atoms with E-state index in [1.54, 1.807) is 0 Å². The molecule has 5 heteroatoms. The molecule has 0 bridgehead atoms. The molecule has 0 saturated carbocycles. The van der Waals surface area contributed by atoms with Gasteiger partial charge in [-0.2, -0.15) is 0 Å². The Balaban J connectivity index is 4.32. The van der Waals surface area contributed by atoms with Crippen LogP contribution < -0.4 is 0 Å². The van der Waals surface area contributed by atoms with E-state index in [-0.39, 0.29) is 25.2 Å². The van der Waals surface area contributed by atoms with Crippen molar-refractivity contribution >= 4 is 11.9 Å². The minimum Gasteiger partial charge on any atom is -0.462 e. The van der Waals surface area contributed by atoms with Gasteiger partial charge in [0.2, 0.25) is 0 Å². The molecular weight excluding hydrogens is 861 g/mol. The first kappa shape index (κ1) is 67.1. The van der Waals surface area contributed by atoms with Crippen molar-refractivity contribution in [3.8, 4) is 0 Å². The van der Waals surface area contributed by atoms with Gasteiger partial charge in [-0.25, -0.2) is 0 Å². The van der Waals surface area contributed by atoms with Crippen LogP contribution in [0.4, 0.5) is 0 Å². The highest BCUT2D eigenvalue weighted by atomic mass is 16.6. The molecule has 1 atom stereocenters. The number of rotatable bonds is 55. The number of unbranched alkanes of at least 4 members (excludes halogenated alkanes) is 30. The fraction of sp³-hybridized carbons (Fsp3) is 0.754. The summed E-state index contributed by atoms with van der Waals surface area (Å²) in [5.74, 6) is -0.414. The van der Waals surface area contributed by atoms with Crippen LogP contribution in [0.25, 0.3) is 0 Å². The fourth-order valence-electron chi connectivity index (χ4n) is 8.41. The summed E-state index contributed by atoms with van der Waals surface area (Å²) in [6, 6.07) is 0. The van der Waals surface area contributed by atoms with Crippen molar-refractivity contribution in [1.29, 1.82) is 0 Å². The molecule has 0 fully saturated rings. The summed E-state index contributed by atoms with van der Waals surface area (Å²) in [5, 5.41) is 0. The molecule has 0 aliphatic heterocycles. The Bertz CT molecular complexity index is 1290. The SMILES string of the molecule is CC/C=C\C/C=C\C/C=C\CCCCCCCCCCOCC(COC(=O)CCCCCCCC/C=C\C/C=C\C/C=C\CCCCC)OC(=O)CCCCCCCCC/C=C\CCCCCCCC. The van der Waals surface area contributed by atoms with E-state index in [4.69, 9.17) is 14.2 Å². The topological polar surface area (TPSA) is 61.8 Å². The predicted molar refractivity (Wildman–Crippen MR) is 307 cm³/mol. The highest BCUT2D eigenvalue weighted by molar-refractivity contribution is 5.70. The average Bonchev–Trinajstić information content (AvgIpc) is 3.36. The normalized spacial score (nSPS) is 12.8. The number of hydrogen-bond acceptors (Lipinski definition) is 5. The fourth-order valence-corrected chi connectivity index (χ4v) is 8.41. The number of esters is 2. The summed E-state index contributed by atoms with van der Waals surface area (Å²) >= 11 is 0. The second kappa shape index (κ2) is 60.4. The van der Waals surface area contributed by atoms with Crippen LogP contribution in [0.2, 0.25) is 0 Å². The van der Waals surface area contributed by atoms with E-state index in [0.29, 0.717) is 19.4 Å². The van der Waals surface area contributed by atoms with E-state index < -0.39 is 6.10 Å². The zero-order valence-corrected chi connectivity index (χ0v) is 46.5.